The molecule has 2 aliphatic rings. The molecule has 0 unspecified atom stereocenters. The van der Waals surface area contributed by atoms with Crippen molar-refractivity contribution in [3.63, 3.8) is 0 Å². The van der Waals surface area contributed by atoms with E-state index in [9.17, 15) is 8.42 Å². The Morgan fingerprint density at radius 2 is 1.91 bits per heavy atom. The maximum Gasteiger partial charge on any atom is 0.240 e. The standard InChI is InChI=1S/C16H24N2O4S/c1-21-15-6-5-14(9-16(15)22-2)23(19,20)17-10-12-7-8-18(11-12)13-3-4-13/h5-6,9,12-13,17H,3-4,7-8,10-11H2,1-2H3/t12-/m1/s1. The predicted octanol–water partition coefficient (Wildman–Crippen LogP) is 1.47. The van der Waals surface area contributed by atoms with Crippen LogP contribution < -0.4 is 14.2 Å². The number of sulfonamides is 1. The van der Waals surface area contributed by atoms with Gasteiger partial charge in [0.25, 0.3) is 0 Å². The fourth-order valence-electron chi connectivity index (χ4n) is 3.10. The van der Waals surface area contributed by atoms with Gasteiger partial charge in [-0.2, -0.15) is 0 Å². The van der Waals surface area contributed by atoms with E-state index in [1.807, 2.05) is 0 Å². The molecule has 0 aromatic heterocycles. The first kappa shape index (κ1) is 16.5. The van der Waals surface area contributed by atoms with Crippen LogP contribution in [0.15, 0.2) is 23.1 Å². The highest BCUT2D eigenvalue weighted by Gasteiger charge is 2.34. The molecule has 2 fully saturated rings. The number of methoxy groups -OCH3 is 2. The van der Waals surface area contributed by atoms with E-state index in [0.29, 0.717) is 24.0 Å². The third kappa shape index (κ3) is 3.79. The van der Waals surface area contributed by atoms with E-state index in [-0.39, 0.29) is 4.90 Å². The van der Waals surface area contributed by atoms with E-state index in [0.717, 1.165) is 25.6 Å². The molecule has 1 saturated carbocycles. The molecule has 7 heteroatoms. The zero-order chi connectivity index (χ0) is 16.4. The van der Waals surface area contributed by atoms with E-state index in [4.69, 9.17) is 9.47 Å². The van der Waals surface area contributed by atoms with E-state index in [2.05, 4.69) is 9.62 Å². The molecule has 3 rings (SSSR count). The second-order valence-corrected chi connectivity index (χ2v) is 8.02. The summed E-state index contributed by atoms with van der Waals surface area (Å²) in [6, 6.07) is 5.39. The van der Waals surface area contributed by atoms with Crippen molar-refractivity contribution < 1.29 is 17.9 Å². The minimum absolute atomic E-state index is 0.201. The zero-order valence-corrected chi connectivity index (χ0v) is 14.4. The van der Waals surface area contributed by atoms with Crippen LogP contribution in [0.2, 0.25) is 0 Å². The maximum atomic E-state index is 12.5. The quantitative estimate of drug-likeness (QED) is 0.814. The molecule has 128 valence electrons. The first-order valence-electron chi connectivity index (χ1n) is 7.99. The molecule has 1 atom stereocenters. The summed E-state index contributed by atoms with van der Waals surface area (Å²) in [6.45, 7) is 2.58. The number of rotatable bonds is 7. The van der Waals surface area contributed by atoms with Gasteiger partial charge in [-0.3, -0.25) is 0 Å². The molecule has 1 aromatic carbocycles. The Bertz CT molecular complexity index is 658. The number of nitrogens with one attached hydrogen (secondary N) is 1. The Morgan fingerprint density at radius 3 is 2.57 bits per heavy atom. The molecule has 1 heterocycles. The highest BCUT2D eigenvalue weighted by atomic mass is 32.2. The van der Waals surface area contributed by atoms with Gasteiger partial charge in [-0.1, -0.05) is 0 Å². The molecule has 1 saturated heterocycles. The van der Waals surface area contributed by atoms with Crippen LogP contribution in [0.4, 0.5) is 0 Å². The number of ether oxygens (including phenoxy) is 2. The SMILES string of the molecule is COc1ccc(S(=O)(=O)NC[C@H]2CCN(C3CC3)C2)cc1OC. The summed E-state index contributed by atoms with van der Waals surface area (Å²) in [5.74, 6) is 1.32. The minimum atomic E-state index is -3.53. The van der Waals surface area contributed by atoms with Crippen molar-refractivity contribution in [2.24, 2.45) is 5.92 Å². The van der Waals surface area contributed by atoms with Crippen molar-refractivity contribution in [2.45, 2.75) is 30.2 Å². The van der Waals surface area contributed by atoms with Gasteiger partial charge in [-0.25, -0.2) is 13.1 Å². The molecule has 1 aliphatic heterocycles. The van der Waals surface area contributed by atoms with Crippen LogP contribution >= 0.6 is 0 Å². The molecule has 0 bridgehead atoms. The third-order valence-electron chi connectivity index (χ3n) is 4.61. The van der Waals surface area contributed by atoms with Gasteiger partial charge in [0.15, 0.2) is 11.5 Å². The van der Waals surface area contributed by atoms with Gasteiger partial charge >= 0.3 is 0 Å². The predicted molar refractivity (Wildman–Crippen MR) is 87.4 cm³/mol. The number of benzene rings is 1. The fourth-order valence-corrected chi connectivity index (χ4v) is 4.23. The molecular weight excluding hydrogens is 316 g/mol. The van der Waals surface area contributed by atoms with Crippen molar-refractivity contribution in [2.75, 3.05) is 33.9 Å². The third-order valence-corrected chi connectivity index (χ3v) is 6.03. The van der Waals surface area contributed by atoms with Gasteiger partial charge < -0.3 is 14.4 Å². The topological polar surface area (TPSA) is 67.9 Å². The average Bonchev–Trinajstić information content (AvgIpc) is 3.30. The summed E-state index contributed by atoms with van der Waals surface area (Å²) in [6.07, 6.45) is 3.65. The van der Waals surface area contributed by atoms with E-state index in [1.54, 1.807) is 6.07 Å². The Kier molecular flexibility index (Phi) is 4.79. The van der Waals surface area contributed by atoms with Gasteiger partial charge in [0.05, 0.1) is 19.1 Å². The number of nitrogens with zero attached hydrogens (tertiary/aromatic N) is 1. The summed E-state index contributed by atoms with van der Waals surface area (Å²) in [4.78, 5) is 2.68. The van der Waals surface area contributed by atoms with Crippen molar-refractivity contribution in [3.05, 3.63) is 18.2 Å². The lowest BCUT2D eigenvalue weighted by molar-refractivity contribution is 0.314. The monoisotopic (exact) mass is 340 g/mol. The fraction of sp³-hybridized carbons (Fsp3) is 0.625. The maximum absolute atomic E-state index is 12.5. The Morgan fingerprint density at radius 1 is 1.17 bits per heavy atom. The lowest BCUT2D eigenvalue weighted by atomic mass is 10.1. The minimum Gasteiger partial charge on any atom is -0.493 e. The Labute approximate surface area is 137 Å². The summed E-state index contributed by atoms with van der Waals surface area (Å²) >= 11 is 0. The highest BCUT2D eigenvalue weighted by Crippen LogP contribution is 2.32. The summed E-state index contributed by atoms with van der Waals surface area (Å²) in [5, 5.41) is 0. The molecule has 0 amide bonds. The first-order valence-corrected chi connectivity index (χ1v) is 9.47. The van der Waals surface area contributed by atoms with E-state index in [1.165, 1.54) is 39.2 Å². The van der Waals surface area contributed by atoms with E-state index < -0.39 is 10.0 Å². The van der Waals surface area contributed by atoms with Gasteiger partial charge in [-0.05, 0) is 43.9 Å². The molecule has 0 radical (unpaired) electrons. The number of hydrogen-bond donors (Lipinski definition) is 1. The Balaban J connectivity index is 1.62. The molecular formula is C16H24N2O4S. The normalized spacial score (nSPS) is 22.3. The number of likely N-dealkylation sites (tertiary alicyclic amines) is 1. The first-order chi connectivity index (χ1) is 11.0. The number of hydrogen-bond acceptors (Lipinski definition) is 5. The smallest absolute Gasteiger partial charge is 0.240 e. The molecule has 6 nitrogen and oxygen atoms in total. The van der Waals surface area contributed by atoms with Crippen molar-refractivity contribution >= 4 is 10.0 Å². The summed E-state index contributed by atoms with van der Waals surface area (Å²) < 4.78 is 38.0. The molecule has 1 aromatic rings. The van der Waals surface area contributed by atoms with Crippen LogP contribution in [-0.2, 0) is 10.0 Å². The van der Waals surface area contributed by atoms with Crippen molar-refractivity contribution in [1.82, 2.24) is 9.62 Å². The second kappa shape index (κ2) is 6.67. The van der Waals surface area contributed by atoms with Crippen molar-refractivity contribution in [3.8, 4) is 11.5 Å². The average molecular weight is 340 g/mol. The van der Waals surface area contributed by atoms with Gasteiger partial charge in [-0.15, -0.1) is 0 Å². The van der Waals surface area contributed by atoms with Gasteiger partial charge in [0.1, 0.15) is 0 Å². The van der Waals surface area contributed by atoms with Crippen LogP contribution in [0.1, 0.15) is 19.3 Å². The van der Waals surface area contributed by atoms with Crippen LogP contribution in [-0.4, -0.2) is 53.2 Å². The van der Waals surface area contributed by atoms with Crippen LogP contribution in [0, 0.1) is 5.92 Å². The molecule has 1 N–H and O–H groups in total. The van der Waals surface area contributed by atoms with Crippen molar-refractivity contribution in [1.29, 1.82) is 0 Å². The lowest BCUT2D eigenvalue weighted by Crippen LogP contribution is -2.31. The summed E-state index contributed by atoms with van der Waals surface area (Å²) in [7, 11) is -0.515. The van der Waals surface area contributed by atoms with Gasteiger partial charge in [0.2, 0.25) is 10.0 Å². The van der Waals surface area contributed by atoms with Crippen LogP contribution in [0.5, 0.6) is 11.5 Å². The second-order valence-electron chi connectivity index (χ2n) is 6.25. The van der Waals surface area contributed by atoms with Crippen LogP contribution in [0.3, 0.4) is 0 Å². The van der Waals surface area contributed by atoms with Crippen LogP contribution in [0.25, 0.3) is 0 Å². The largest absolute Gasteiger partial charge is 0.493 e. The van der Waals surface area contributed by atoms with E-state index >= 15 is 0 Å². The molecule has 1 aliphatic carbocycles. The zero-order valence-electron chi connectivity index (χ0n) is 13.6. The Hall–Kier alpha value is -1.31. The highest BCUT2D eigenvalue weighted by molar-refractivity contribution is 7.89. The van der Waals surface area contributed by atoms with Gasteiger partial charge in [0, 0.05) is 25.2 Å². The molecule has 23 heavy (non-hydrogen) atoms. The summed E-state index contributed by atoms with van der Waals surface area (Å²) in [5.41, 5.74) is 0. The lowest BCUT2D eigenvalue weighted by Gasteiger charge is -2.15. The molecule has 0 spiro atoms.